The van der Waals surface area contributed by atoms with Crippen LogP contribution < -0.4 is 10.1 Å². The van der Waals surface area contributed by atoms with Crippen molar-refractivity contribution in [2.45, 2.75) is 49.6 Å². The predicted molar refractivity (Wildman–Crippen MR) is 108 cm³/mol. The van der Waals surface area contributed by atoms with Crippen molar-refractivity contribution in [2.75, 3.05) is 33.4 Å². The summed E-state index contributed by atoms with van der Waals surface area (Å²) in [6.07, 6.45) is 2.97. The molecule has 0 aromatic heterocycles. The smallest absolute Gasteiger partial charge is 0.342 e. The van der Waals surface area contributed by atoms with E-state index in [0.29, 0.717) is 13.2 Å². The van der Waals surface area contributed by atoms with Crippen LogP contribution in [0.2, 0.25) is 0 Å². The van der Waals surface area contributed by atoms with E-state index in [1.807, 2.05) is 0 Å². The van der Waals surface area contributed by atoms with Gasteiger partial charge in [0.1, 0.15) is 11.3 Å². The minimum atomic E-state index is -3.79. The Kier molecular flexibility index (Phi) is 7.32. The topological polar surface area (TPSA) is 111 Å². The number of carbonyl (C=O) groups is 2. The first-order valence-corrected chi connectivity index (χ1v) is 11.5. The molecular formula is C20H28N2O7S. The quantitative estimate of drug-likeness (QED) is 0.637. The molecule has 1 N–H and O–H groups in total. The molecule has 166 valence electrons. The van der Waals surface area contributed by atoms with Crippen molar-refractivity contribution in [1.82, 2.24) is 9.62 Å². The summed E-state index contributed by atoms with van der Waals surface area (Å²) in [5.41, 5.74) is -0.0487. The van der Waals surface area contributed by atoms with Crippen LogP contribution >= 0.6 is 0 Å². The van der Waals surface area contributed by atoms with Crippen LogP contribution in [0.3, 0.4) is 0 Å². The van der Waals surface area contributed by atoms with E-state index in [1.165, 1.54) is 36.5 Å². The Bertz CT molecular complexity index is 875. The molecule has 1 aromatic carbocycles. The molecule has 1 amide bonds. The van der Waals surface area contributed by atoms with Crippen molar-refractivity contribution in [3.63, 3.8) is 0 Å². The molecule has 3 rings (SSSR count). The predicted octanol–water partition coefficient (Wildman–Crippen LogP) is 1.32. The second kappa shape index (κ2) is 9.76. The lowest BCUT2D eigenvalue weighted by Gasteiger charge is -2.26. The first-order valence-electron chi connectivity index (χ1n) is 10.1. The van der Waals surface area contributed by atoms with Crippen molar-refractivity contribution in [3.8, 4) is 5.75 Å². The number of benzene rings is 1. The van der Waals surface area contributed by atoms with E-state index in [4.69, 9.17) is 14.2 Å². The highest BCUT2D eigenvalue weighted by Gasteiger charge is 2.29. The van der Waals surface area contributed by atoms with Crippen LogP contribution in [-0.4, -0.2) is 70.2 Å². The van der Waals surface area contributed by atoms with Crippen LogP contribution in [-0.2, 0) is 24.3 Å². The highest BCUT2D eigenvalue weighted by atomic mass is 32.2. The van der Waals surface area contributed by atoms with Crippen LogP contribution in [0.5, 0.6) is 5.75 Å². The maximum absolute atomic E-state index is 12.9. The molecule has 9 nitrogen and oxygen atoms in total. The van der Waals surface area contributed by atoms with Gasteiger partial charge in [0.05, 0.1) is 25.2 Å². The fraction of sp³-hybridized carbons (Fsp3) is 0.600. The molecule has 1 aromatic rings. The summed E-state index contributed by atoms with van der Waals surface area (Å²) in [6.45, 7) is 2.61. The van der Waals surface area contributed by atoms with Gasteiger partial charge >= 0.3 is 5.97 Å². The third-order valence-electron chi connectivity index (χ3n) is 5.35. The number of rotatable bonds is 7. The number of sulfonamides is 1. The zero-order chi connectivity index (χ0) is 21.7. The summed E-state index contributed by atoms with van der Waals surface area (Å²) in [5.74, 6) is -1.02. The number of nitrogens with zero attached hydrogens (tertiary/aromatic N) is 1. The molecular weight excluding hydrogens is 412 g/mol. The Morgan fingerprint density at radius 3 is 2.50 bits per heavy atom. The second-order valence-electron chi connectivity index (χ2n) is 7.42. The van der Waals surface area contributed by atoms with Crippen molar-refractivity contribution in [1.29, 1.82) is 0 Å². The number of methoxy groups -OCH3 is 1. The van der Waals surface area contributed by atoms with Gasteiger partial charge < -0.3 is 19.5 Å². The number of hydrogen-bond donors (Lipinski definition) is 1. The first kappa shape index (κ1) is 22.5. The average molecular weight is 441 g/mol. The van der Waals surface area contributed by atoms with Crippen molar-refractivity contribution < 1.29 is 32.2 Å². The number of ether oxygens (including phenoxy) is 3. The third kappa shape index (κ3) is 5.11. The summed E-state index contributed by atoms with van der Waals surface area (Å²) in [5, 5.41) is 2.88. The van der Waals surface area contributed by atoms with E-state index in [2.05, 4.69) is 5.32 Å². The maximum Gasteiger partial charge on any atom is 0.342 e. The molecule has 1 saturated carbocycles. The number of morpholine rings is 1. The summed E-state index contributed by atoms with van der Waals surface area (Å²) in [6, 6.07) is 4.13. The lowest BCUT2D eigenvalue weighted by atomic mass is 10.2. The van der Waals surface area contributed by atoms with E-state index in [0.717, 1.165) is 25.7 Å². The van der Waals surface area contributed by atoms with Gasteiger partial charge in [0, 0.05) is 19.1 Å². The lowest BCUT2D eigenvalue weighted by molar-refractivity contribution is -0.129. The zero-order valence-corrected chi connectivity index (χ0v) is 18.1. The Labute approximate surface area is 176 Å². The van der Waals surface area contributed by atoms with Crippen LogP contribution in [0.25, 0.3) is 0 Å². The minimum Gasteiger partial charge on any atom is -0.496 e. The molecule has 0 radical (unpaired) electrons. The second-order valence-corrected chi connectivity index (χ2v) is 9.35. The average Bonchev–Trinajstić information content (AvgIpc) is 3.26. The molecule has 1 saturated heterocycles. The Hall–Kier alpha value is -2.17. The van der Waals surface area contributed by atoms with Gasteiger partial charge in [0.15, 0.2) is 6.10 Å². The standard InChI is InChI=1S/C20H28N2O7S/c1-14(19(23)21-15-5-3-4-6-15)29-20(24)17-13-16(7-8-18(17)27-2)30(25,26)22-9-11-28-12-10-22/h7-8,13-15H,3-6,9-12H2,1-2H3,(H,21,23). The number of amides is 1. The van der Waals surface area contributed by atoms with Crippen LogP contribution in [0.4, 0.5) is 0 Å². The summed E-state index contributed by atoms with van der Waals surface area (Å²) < 4.78 is 42.8. The fourth-order valence-electron chi connectivity index (χ4n) is 3.61. The van der Waals surface area contributed by atoms with E-state index >= 15 is 0 Å². The van der Waals surface area contributed by atoms with Crippen molar-refractivity contribution in [2.24, 2.45) is 0 Å². The summed E-state index contributed by atoms with van der Waals surface area (Å²) >= 11 is 0. The van der Waals surface area contributed by atoms with Gasteiger partial charge in [-0.05, 0) is 38.0 Å². The maximum atomic E-state index is 12.9. The van der Waals surface area contributed by atoms with Crippen LogP contribution in [0.15, 0.2) is 23.1 Å². The zero-order valence-electron chi connectivity index (χ0n) is 17.3. The molecule has 1 aliphatic carbocycles. The molecule has 1 unspecified atom stereocenters. The van der Waals surface area contributed by atoms with Crippen molar-refractivity contribution >= 4 is 21.9 Å². The molecule has 2 fully saturated rings. The number of carbonyl (C=O) groups excluding carboxylic acids is 2. The van der Waals surface area contributed by atoms with Gasteiger partial charge in [-0.2, -0.15) is 4.31 Å². The first-order chi connectivity index (χ1) is 14.3. The van der Waals surface area contributed by atoms with Gasteiger partial charge in [0.2, 0.25) is 10.0 Å². The van der Waals surface area contributed by atoms with E-state index in [-0.39, 0.29) is 41.2 Å². The lowest BCUT2D eigenvalue weighted by Crippen LogP contribution is -2.41. The third-order valence-corrected chi connectivity index (χ3v) is 7.25. The Balaban J connectivity index is 1.75. The van der Waals surface area contributed by atoms with Gasteiger partial charge in [-0.25, -0.2) is 13.2 Å². The van der Waals surface area contributed by atoms with Crippen LogP contribution in [0.1, 0.15) is 43.0 Å². The monoisotopic (exact) mass is 440 g/mol. The number of esters is 1. The minimum absolute atomic E-state index is 0.0415. The van der Waals surface area contributed by atoms with E-state index in [9.17, 15) is 18.0 Å². The fourth-order valence-corrected chi connectivity index (χ4v) is 5.04. The molecule has 2 aliphatic rings. The van der Waals surface area contributed by atoms with Crippen molar-refractivity contribution in [3.05, 3.63) is 23.8 Å². The highest BCUT2D eigenvalue weighted by Crippen LogP contribution is 2.26. The molecule has 1 heterocycles. The van der Waals surface area contributed by atoms with E-state index < -0.39 is 22.1 Å². The molecule has 1 atom stereocenters. The van der Waals surface area contributed by atoms with Gasteiger partial charge in [-0.3, -0.25) is 4.79 Å². The van der Waals surface area contributed by atoms with Gasteiger partial charge in [0.25, 0.3) is 5.91 Å². The molecule has 1 aliphatic heterocycles. The normalized spacial score (nSPS) is 19.3. The Morgan fingerprint density at radius 1 is 1.20 bits per heavy atom. The molecule has 10 heteroatoms. The van der Waals surface area contributed by atoms with E-state index in [1.54, 1.807) is 0 Å². The number of nitrogens with one attached hydrogen (secondary N) is 1. The largest absolute Gasteiger partial charge is 0.496 e. The summed E-state index contributed by atoms with van der Waals surface area (Å²) in [7, 11) is -2.42. The summed E-state index contributed by atoms with van der Waals surface area (Å²) in [4.78, 5) is 25.0. The highest BCUT2D eigenvalue weighted by molar-refractivity contribution is 7.89. The molecule has 0 bridgehead atoms. The number of hydrogen-bond acceptors (Lipinski definition) is 7. The SMILES string of the molecule is COc1ccc(S(=O)(=O)N2CCOCC2)cc1C(=O)OC(C)C(=O)NC1CCCC1. The molecule has 0 spiro atoms. The van der Waals surface area contributed by atoms with Crippen LogP contribution in [0, 0.1) is 0 Å². The van der Waals surface area contributed by atoms with Gasteiger partial charge in [-0.15, -0.1) is 0 Å². The van der Waals surface area contributed by atoms with Gasteiger partial charge in [-0.1, -0.05) is 12.8 Å². The Morgan fingerprint density at radius 2 is 1.87 bits per heavy atom. The molecule has 30 heavy (non-hydrogen) atoms.